The van der Waals surface area contributed by atoms with Gasteiger partial charge in [0.25, 0.3) is 0 Å². The Morgan fingerprint density at radius 1 is 0.413 bits per heavy atom. The van der Waals surface area contributed by atoms with Gasteiger partial charge in [-0.1, -0.05) is 132 Å². The van der Waals surface area contributed by atoms with Gasteiger partial charge in [-0.2, -0.15) is 0 Å². The first kappa shape index (κ1) is 95.5. The van der Waals surface area contributed by atoms with Gasteiger partial charge in [0.1, 0.15) is 45.8 Å². The third-order valence-corrected chi connectivity index (χ3v) is 30.4. The molecule has 0 fully saturated rings. The van der Waals surface area contributed by atoms with Crippen molar-refractivity contribution in [2.24, 2.45) is 5.92 Å². The summed E-state index contributed by atoms with van der Waals surface area (Å²) in [5.41, 5.74) is 15.4. The van der Waals surface area contributed by atoms with Crippen molar-refractivity contribution in [3.05, 3.63) is 283 Å². The first-order valence-electron chi connectivity index (χ1n) is 45.6. The fourth-order valence-electron chi connectivity index (χ4n) is 22.4. The van der Waals surface area contributed by atoms with Gasteiger partial charge < -0.3 is 56.9 Å². The number of benzene rings is 7. The summed E-state index contributed by atoms with van der Waals surface area (Å²) in [5, 5.41) is 52.4. The van der Waals surface area contributed by atoms with Gasteiger partial charge in [-0.3, -0.25) is 57.5 Å². The molecule has 5 atom stereocenters. The largest absolute Gasteiger partial charge is 1.00 e. The Balaban J connectivity index is 0.000000110. The molecule has 0 bridgehead atoms. The molecular weight excluding hydrogens is 1790 g/mol. The fraction of sp³-hybridized carbons (Fsp3) is 0.309. The zero-order valence-electron chi connectivity index (χ0n) is 78.4. The molecule has 0 radical (unpaired) electrons. The van der Waals surface area contributed by atoms with E-state index < -0.39 is 114 Å². The van der Waals surface area contributed by atoms with E-state index in [1.165, 1.54) is 32.6 Å². The molecular formula is C110H95NaO26S. The molecule has 11 aliphatic carbocycles. The predicted molar refractivity (Wildman–Crippen MR) is 499 cm³/mol. The van der Waals surface area contributed by atoms with E-state index in [2.05, 4.69) is 39.8 Å². The molecule has 0 amide bonds. The third kappa shape index (κ3) is 14.7. The maximum absolute atomic E-state index is 12.9. The van der Waals surface area contributed by atoms with Crippen LogP contribution in [0.5, 0.6) is 0 Å². The number of fused-ring (bicyclic) bond motifs is 29. The first-order valence-corrected chi connectivity index (χ1v) is 47.0. The van der Waals surface area contributed by atoms with Gasteiger partial charge >= 0.3 is 29.6 Å². The van der Waals surface area contributed by atoms with E-state index in [4.69, 9.17) is 26.8 Å². The molecule has 138 heavy (non-hydrogen) atoms. The van der Waals surface area contributed by atoms with Crippen molar-refractivity contribution in [2.45, 2.75) is 206 Å². The number of hydrogen-bond acceptors (Lipinski definition) is 26. The fourth-order valence-corrected chi connectivity index (χ4v) is 23.1. The summed E-state index contributed by atoms with van der Waals surface area (Å²) in [6.07, 6.45) is 17.2. The number of furan rings is 5. The molecule has 0 saturated carbocycles. The standard InChI is InChI=1S/C19H18O6S.C19H16O3.2C18H16O5.C18H16O4.C18H14O3.Na/c1-9-13-15(20)16(21)14-10-5-4-8-19(2,3)12(10)7-6-11(14)17(13)25-18(9)26(22,23)24;1-10-9-22-18-12-6-7-13-11(5-4-8-19(13,2)3)15(12)17(21)16(20)14(10)18;1-8-7-23-17-10-3-5-11-9(4-6-12(19)18(11,2)22)14(10)16(21)15(20)13(8)17;1-9-7-23-17-11-4-5-12-10(3-2-6-18(12,22)8-19)14(11)16(21)15(20)13(9)17;1-9-8-22-17-11-5-6-12-10(4-3-7-18(12,2)21)14(11)16(20)15(19)13(9)17;1-9-4-3-5-12-11(9)6-7-13-15(12)17(20)16(19)14-10(2)8-21-18(13)14;/h6-7H,4-5,8H2,1-3H3,(H,22,23,24);4-7,9H,8H2,1-3H3;3,5,7,12,19,22H,4,6H2,1-2H3;4-5,7,19,22H,2-3,6,8H2,1H3;5-6,8,21H,3-4,7H2,1-2H3;3-7,10H,8H2,1-2H3;/q;;;;;;+1/p-1. The number of ether oxygens (including phenoxy) is 1. The van der Waals surface area contributed by atoms with Gasteiger partial charge in [-0.05, 0) is 244 Å². The van der Waals surface area contributed by atoms with Gasteiger partial charge in [0.05, 0.1) is 83.4 Å². The average Bonchev–Trinajstić information content (AvgIpc) is 1.55. The maximum Gasteiger partial charge on any atom is 1.00 e. The Labute approximate surface area is 814 Å². The Morgan fingerprint density at radius 2 is 0.819 bits per heavy atom. The topological polar surface area (TPSA) is 438 Å². The summed E-state index contributed by atoms with van der Waals surface area (Å²) >= 11 is 0. The van der Waals surface area contributed by atoms with Crippen LogP contribution in [0.15, 0.2) is 155 Å². The molecule has 5 unspecified atom stereocenters. The predicted octanol–water partition coefficient (Wildman–Crippen LogP) is 15.3. The molecule has 6 heterocycles. The van der Waals surface area contributed by atoms with Crippen LogP contribution in [0.4, 0.5) is 0 Å². The third-order valence-electron chi connectivity index (χ3n) is 29.6. The van der Waals surface area contributed by atoms with Gasteiger partial charge in [-0.25, -0.2) is 8.42 Å². The Morgan fingerprint density at radius 3 is 1.33 bits per heavy atom. The van der Waals surface area contributed by atoms with Gasteiger partial charge in [-0.15, -0.1) is 0 Å². The smallest absolute Gasteiger partial charge is 0.742 e. The molecule has 5 N–H and O–H groups in total. The van der Waals surface area contributed by atoms with Crippen molar-refractivity contribution in [3.8, 4) is 56.6 Å². The second-order valence-corrected chi connectivity index (χ2v) is 40.6. The molecule has 0 spiro atoms. The second-order valence-electron chi connectivity index (χ2n) is 39.3. The average molecular weight is 1890 g/mol. The quantitative estimate of drug-likeness (QED) is 0.0609. The minimum atomic E-state index is -4.89. The van der Waals surface area contributed by atoms with Crippen molar-refractivity contribution in [2.75, 3.05) is 13.2 Å². The summed E-state index contributed by atoms with van der Waals surface area (Å²) in [4.78, 5) is 151. The molecule has 1 aliphatic heterocycles. The summed E-state index contributed by atoms with van der Waals surface area (Å²) in [5.74, 6) is -4.01. The number of aliphatic hydroxyl groups is 5. The van der Waals surface area contributed by atoms with E-state index >= 15 is 0 Å². The molecule has 0 saturated heterocycles. The molecule has 698 valence electrons. The zero-order chi connectivity index (χ0) is 97.9. The number of aliphatic hydroxyl groups excluding tert-OH is 2. The van der Waals surface area contributed by atoms with Crippen LogP contribution < -0.4 is 29.6 Å². The normalized spacial score (nSPS) is 21.2. The van der Waals surface area contributed by atoms with E-state index in [1.54, 1.807) is 77.3 Å². The number of hydrogen-bond donors (Lipinski definition) is 5. The van der Waals surface area contributed by atoms with Gasteiger partial charge in [0.15, 0.2) is 10.1 Å². The van der Waals surface area contributed by atoms with Crippen molar-refractivity contribution in [1.82, 2.24) is 0 Å². The number of carbonyl (C=O) groups excluding carboxylic acids is 12. The number of rotatable bonds is 2. The number of carbonyl (C=O) groups is 12. The van der Waals surface area contributed by atoms with Crippen LogP contribution in [0.1, 0.15) is 308 Å². The number of aryl methyl sites for hydroxylation is 5. The first-order chi connectivity index (χ1) is 64.8. The van der Waals surface area contributed by atoms with Crippen LogP contribution in [0, 0.1) is 47.5 Å². The number of ketones is 12. The molecule has 12 aromatic rings. The second kappa shape index (κ2) is 34.1. The van der Waals surface area contributed by atoms with Crippen LogP contribution >= 0.6 is 0 Å². The number of allylic oxidation sites excluding steroid dienone is 1. The van der Waals surface area contributed by atoms with Crippen molar-refractivity contribution in [1.29, 1.82) is 0 Å². The number of Topliss-reactive ketones (excluding diaryl/α,β-unsaturated/α-hetero) is 12. The van der Waals surface area contributed by atoms with Crippen LogP contribution in [0.2, 0.25) is 0 Å². The van der Waals surface area contributed by atoms with Crippen molar-refractivity contribution in [3.63, 3.8) is 0 Å². The van der Waals surface area contributed by atoms with E-state index in [-0.39, 0.29) is 68.8 Å². The summed E-state index contributed by atoms with van der Waals surface area (Å²) in [6, 6.07) is 27.8. The van der Waals surface area contributed by atoms with E-state index in [0.29, 0.717) is 209 Å². The van der Waals surface area contributed by atoms with E-state index in [1.807, 2.05) is 68.5 Å². The molecule has 24 rings (SSSR count). The van der Waals surface area contributed by atoms with Crippen molar-refractivity contribution < 1.29 is 152 Å². The van der Waals surface area contributed by atoms with Crippen LogP contribution in [0.3, 0.4) is 0 Å². The molecule has 12 aliphatic rings. The summed E-state index contributed by atoms with van der Waals surface area (Å²) < 4.78 is 67.5. The van der Waals surface area contributed by atoms with Crippen LogP contribution in [-0.2, 0) is 73.0 Å². The molecule has 28 heteroatoms. The molecule has 26 nitrogen and oxygen atoms in total. The Hall–Kier alpha value is -12.8. The molecule has 5 aromatic heterocycles. The maximum atomic E-state index is 12.9. The van der Waals surface area contributed by atoms with Crippen LogP contribution in [0.25, 0.3) is 79.2 Å². The monoisotopic (exact) mass is 1890 g/mol. The summed E-state index contributed by atoms with van der Waals surface area (Å²) in [7, 11) is -4.89. The zero-order valence-corrected chi connectivity index (χ0v) is 81.2. The van der Waals surface area contributed by atoms with Gasteiger partial charge in [0.2, 0.25) is 74.5 Å². The minimum absolute atomic E-state index is 0. The molecule has 7 aromatic carbocycles. The summed E-state index contributed by atoms with van der Waals surface area (Å²) in [6.45, 7) is 24.1. The Kier molecular flexibility index (Phi) is 23.6. The van der Waals surface area contributed by atoms with Gasteiger partial charge in [0, 0.05) is 78.2 Å². The minimum Gasteiger partial charge on any atom is -0.742 e. The Bertz CT molecular complexity index is 7630. The SMILES string of the molecule is Cc1c(S(=O)(=O)[O-])oc2c1C(=O)C(=O)c1c-2ccc2c1CCCC2(C)C.Cc1cccc2c3c(ccc12)C1=C(C(=O)C3=O)C(C)CO1.Cc1coc2c1C(=O)C(=O)c1c-2ccc2c1C=CCC2(C)C.Cc1coc2c1C(=O)C(=O)c1c-2ccc2c1CCC(O)C2(C)O.Cc1coc2c1C(=O)C(=O)c1c-2ccc2c1CCCC2(C)O.Cc1coc2c1C(=O)C(=O)c1c-2ccc2c1CCCC2(O)CO.[Na+]. The van der Waals surface area contributed by atoms with Crippen LogP contribution in [-0.4, -0.2) is 127 Å². The van der Waals surface area contributed by atoms with E-state index in [9.17, 15) is 96.0 Å². The van der Waals surface area contributed by atoms with E-state index in [0.717, 1.165) is 86.5 Å². The van der Waals surface area contributed by atoms with Crippen molar-refractivity contribution >= 4 is 102 Å².